The van der Waals surface area contributed by atoms with Crippen LogP contribution in [0.25, 0.3) is 0 Å². The summed E-state index contributed by atoms with van der Waals surface area (Å²) in [6.07, 6.45) is 3.52. The molecule has 0 aromatic heterocycles. The summed E-state index contributed by atoms with van der Waals surface area (Å²) in [5, 5.41) is 0.0354. The number of hydrogen-bond acceptors (Lipinski definition) is 3. The van der Waals surface area contributed by atoms with Crippen molar-refractivity contribution in [3.05, 3.63) is 0 Å². The van der Waals surface area contributed by atoms with Crippen molar-refractivity contribution in [1.82, 2.24) is 4.57 Å². The molecule has 0 heterocycles. The van der Waals surface area contributed by atoms with Crippen LogP contribution in [0.3, 0.4) is 0 Å². The smallest absolute Gasteiger partial charge is 0.386 e. The van der Waals surface area contributed by atoms with Gasteiger partial charge in [-0.3, -0.25) is 4.57 Å². The van der Waals surface area contributed by atoms with Crippen LogP contribution in [0.15, 0.2) is 0 Å². The minimum absolute atomic E-state index is 0.0354. The predicted octanol–water partition coefficient (Wildman–Crippen LogP) is 4.55. The average Bonchev–Trinajstić information content (AvgIpc) is 2.42. The van der Waals surface area contributed by atoms with Crippen molar-refractivity contribution in [1.29, 1.82) is 0 Å². The molecule has 0 fully saturated rings. The largest absolute Gasteiger partial charge is 0.433 e. The molecule has 0 spiro atoms. The number of nitrogens with zero attached hydrogens (tertiary/aromatic N) is 1. The van der Waals surface area contributed by atoms with Crippen LogP contribution in [0.5, 0.6) is 0 Å². The Bertz CT molecular complexity index is 265. The minimum Gasteiger partial charge on any atom is -0.386 e. The first kappa shape index (κ1) is 20.1. The van der Waals surface area contributed by atoms with Crippen molar-refractivity contribution < 1.29 is 8.85 Å². The first-order valence-electron chi connectivity index (χ1n) is 8.12. The van der Waals surface area contributed by atoms with E-state index in [1.165, 1.54) is 12.8 Å². The van der Waals surface area contributed by atoms with E-state index >= 15 is 0 Å². The topological polar surface area (TPSA) is 21.7 Å². The summed E-state index contributed by atoms with van der Waals surface area (Å²) >= 11 is 0. The summed E-state index contributed by atoms with van der Waals surface area (Å²) in [4.78, 5) is 0. The van der Waals surface area contributed by atoms with E-state index in [4.69, 9.17) is 8.85 Å². The summed E-state index contributed by atoms with van der Waals surface area (Å²) in [6.45, 7) is 17.0. The fourth-order valence-electron chi connectivity index (χ4n) is 2.79. The second kappa shape index (κ2) is 8.52. The van der Waals surface area contributed by atoms with Crippen LogP contribution in [0.1, 0.15) is 67.7 Å². The lowest BCUT2D eigenvalue weighted by Crippen LogP contribution is -2.67. The minimum atomic E-state index is -2.45. The molecule has 0 aromatic carbocycles. The van der Waals surface area contributed by atoms with Crippen molar-refractivity contribution in [3.8, 4) is 0 Å². The molecule has 3 nitrogen and oxygen atoms in total. The third kappa shape index (κ3) is 3.84. The fourth-order valence-corrected chi connectivity index (χ4v) is 7.16. The second-order valence-electron chi connectivity index (χ2n) is 6.67. The Labute approximate surface area is 128 Å². The molecule has 20 heavy (non-hydrogen) atoms. The average molecular weight is 304 g/mol. The van der Waals surface area contributed by atoms with E-state index < -0.39 is 8.72 Å². The Morgan fingerprint density at radius 1 is 1.05 bits per heavy atom. The Morgan fingerprint density at radius 3 is 1.85 bits per heavy atom. The standard InChI is InChI=1S/C16H37NO2Si/c1-10-12-13-17(15(5)11-2)20(18-8,19-9)16(6,7)14(3)4/h14-15H,10-13H2,1-9H3. The van der Waals surface area contributed by atoms with Gasteiger partial charge in [-0.1, -0.05) is 54.9 Å². The van der Waals surface area contributed by atoms with E-state index in [1.807, 2.05) is 14.2 Å². The summed E-state index contributed by atoms with van der Waals surface area (Å²) < 4.78 is 14.8. The lowest BCUT2D eigenvalue weighted by molar-refractivity contribution is 0.100. The zero-order chi connectivity index (χ0) is 16.0. The van der Waals surface area contributed by atoms with Gasteiger partial charge in [0.25, 0.3) is 0 Å². The second-order valence-corrected chi connectivity index (χ2v) is 10.5. The maximum atomic E-state index is 6.14. The van der Waals surface area contributed by atoms with Crippen LogP contribution >= 0.6 is 0 Å². The van der Waals surface area contributed by atoms with Gasteiger partial charge in [0.15, 0.2) is 0 Å². The zero-order valence-corrected chi connectivity index (χ0v) is 16.2. The van der Waals surface area contributed by atoms with Gasteiger partial charge >= 0.3 is 8.72 Å². The SMILES string of the molecule is CCCCN(C(C)CC)[Si](OC)(OC)C(C)(C)C(C)C. The fraction of sp³-hybridized carbons (Fsp3) is 1.00. The molecule has 1 atom stereocenters. The van der Waals surface area contributed by atoms with E-state index in [1.54, 1.807) is 0 Å². The predicted molar refractivity (Wildman–Crippen MR) is 90.0 cm³/mol. The van der Waals surface area contributed by atoms with Crippen molar-refractivity contribution >= 4 is 8.72 Å². The van der Waals surface area contributed by atoms with Crippen LogP contribution in [-0.2, 0) is 8.85 Å². The van der Waals surface area contributed by atoms with Gasteiger partial charge in [-0.25, -0.2) is 0 Å². The molecule has 0 aliphatic rings. The maximum absolute atomic E-state index is 6.14. The van der Waals surface area contributed by atoms with E-state index in [9.17, 15) is 0 Å². The van der Waals surface area contributed by atoms with Crippen molar-refractivity contribution in [3.63, 3.8) is 0 Å². The van der Waals surface area contributed by atoms with Gasteiger partial charge in [0, 0.05) is 25.3 Å². The van der Waals surface area contributed by atoms with E-state index in [-0.39, 0.29) is 5.04 Å². The third-order valence-corrected chi connectivity index (χ3v) is 9.80. The molecule has 0 saturated heterocycles. The summed E-state index contributed by atoms with van der Waals surface area (Å²) in [7, 11) is 1.22. The molecular weight excluding hydrogens is 266 g/mol. The van der Waals surface area contributed by atoms with Crippen molar-refractivity contribution in [2.45, 2.75) is 78.8 Å². The van der Waals surface area contributed by atoms with Crippen LogP contribution in [0.4, 0.5) is 0 Å². The lowest BCUT2D eigenvalue weighted by atomic mass is 9.99. The molecule has 0 aromatic rings. The highest BCUT2D eigenvalue weighted by Crippen LogP contribution is 2.47. The summed E-state index contributed by atoms with van der Waals surface area (Å²) in [6, 6.07) is 0.492. The highest BCUT2D eigenvalue weighted by atomic mass is 28.4. The van der Waals surface area contributed by atoms with E-state index in [2.05, 4.69) is 53.0 Å². The molecule has 0 aliphatic heterocycles. The molecular formula is C16H37NO2Si. The number of hydrogen-bond donors (Lipinski definition) is 0. The van der Waals surface area contributed by atoms with Gasteiger partial charge in [-0.2, -0.15) is 0 Å². The summed E-state index contributed by atoms with van der Waals surface area (Å²) in [5.74, 6) is 0.516. The zero-order valence-electron chi connectivity index (χ0n) is 15.2. The molecule has 0 radical (unpaired) electrons. The number of rotatable bonds is 10. The quantitative estimate of drug-likeness (QED) is 0.552. The Balaban J connectivity index is 5.66. The van der Waals surface area contributed by atoms with Gasteiger partial charge in [0.1, 0.15) is 0 Å². The van der Waals surface area contributed by atoms with Crippen LogP contribution in [0, 0.1) is 5.92 Å². The molecule has 1 unspecified atom stereocenters. The monoisotopic (exact) mass is 303 g/mol. The molecule has 0 saturated carbocycles. The highest BCUT2D eigenvalue weighted by Gasteiger charge is 2.58. The normalized spacial score (nSPS) is 15.2. The molecule has 0 aliphatic carbocycles. The maximum Gasteiger partial charge on any atom is 0.433 e. The molecule has 0 amide bonds. The Morgan fingerprint density at radius 2 is 1.55 bits per heavy atom. The van der Waals surface area contributed by atoms with E-state index in [0.29, 0.717) is 12.0 Å². The van der Waals surface area contributed by atoms with Gasteiger partial charge in [-0.05, 0) is 25.3 Å². The first-order valence-corrected chi connectivity index (χ1v) is 9.88. The van der Waals surface area contributed by atoms with Crippen LogP contribution in [-0.4, -0.2) is 40.1 Å². The molecule has 122 valence electrons. The lowest BCUT2D eigenvalue weighted by Gasteiger charge is -2.51. The van der Waals surface area contributed by atoms with Gasteiger partial charge in [-0.15, -0.1) is 0 Å². The molecule has 0 rings (SSSR count). The van der Waals surface area contributed by atoms with Crippen LogP contribution < -0.4 is 0 Å². The Kier molecular flexibility index (Phi) is 8.56. The number of unbranched alkanes of at least 4 members (excludes halogenated alkanes) is 1. The third-order valence-electron chi connectivity index (χ3n) is 5.06. The first-order chi connectivity index (χ1) is 9.24. The molecule has 0 N–H and O–H groups in total. The Hall–Kier alpha value is 0.0969. The van der Waals surface area contributed by atoms with E-state index in [0.717, 1.165) is 13.0 Å². The summed E-state index contributed by atoms with van der Waals surface area (Å²) in [5.41, 5.74) is 0. The van der Waals surface area contributed by atoms with Gasteiger partial charge in [0.2, 0.25) is 0 Å². The van der Waals surface area contributed by atoms with Gasteiger partial charge < -0.3 is 8.85 Å². The van der Waals surface area contributed by atoms with Crippen LogP contribution in [0.2, 0.25) is 5.04 Å². The molecule has 0 bridgehead atoms. The van der Waals surface area contributed by atoms with Gasteiger partial charge in [0.05, 0.1) is 0 Å². The van der Waals surface area contributed by atoms with Crippen molar-refractivity contribution in [2.75, 3.05) is 20.8 Å². The van der Waals surface area contributed by atoms with Crippen molar-refractivity contribution in [2.24, 2.45) is 5.92 Å². The molecule has 4 heteroatoms. The highest BCUT2D eigenvalue weighted by molar-refractivity contribution is 6.67.